The highest BCUT2D eigenvalue weighted by molar-refractivity contribution is 5.86. The van der Waals surface area contributed by atoms with Crippen molar-refractivity contribution in [2.75, 3.05) is 7.11 Å². The number of hydrogen-bond donors (Lipinski definition) is 1. The number of hydrogen-bond acceptors (Lipinski definition) is 2. The third-order valence-electron chi connectivity index (χ3n) is 2.01. The second-order valence-corrected chi connectivity index (χ2v) is 3.43. The van der Waals surface area contributed by atoms with Crippen molar-refractivity contribution >= 4 is 10.9 Å². The average molecular weight is 216 g/mol. The number of nitrogens with one attached hydrogen (secondary N) is 1. The number of rotatable bonds is 1. The molecule has 0 saturated heterocycles. The lowest BCUT2D eigenvalue weighted by atomic mass is 10.2. The van der Waals surface area contributed by atoms with Gasteiger partial charge in [0.05, 0.1) is 18.2 Å². The molecule has 3 heteroatoms. The normalized spacial score (nSPS) is 9.12. The molecule has 1 aromatic carbocycles. The van der Waals surface area contributed by atoms with Gasteiger partial charge in [-0.1, -0.05) is 20.3 Å². The number of aromatic nitrogens is 1. The molecule has 1 aromatic heterocycles. The molecular formula is C13H16N2O. The number of nitriles is 1. The van der Waals surface area contributed by atoms with Crippen LogP contribution in [0, 0.1) is 11.3 Å². The Balaban J connectivity index is 0.000000386. The molecule has 84 valence electrons. The van der Waals surface area contributed by atoms with Crippen molar-refractivity contribution in [3.63, 3.8) is 0 Å². The highest BCUT2D eigenvalue weighted by Gasteiger charge is 2.02. The van der Waals surface area contributed by atoms with Gasteiger partial charge in [0.1, 0.15) is 11.8 Å². The zero-order chi connectivity index (χ0) is 12.0. The first-order chi connectivity index (χ1) is 7.76. The first kappa shape index (κ1) is 12.1. The molecule has 0 aliphatic rings. The van der Waals surface area contributed by atoms with Crippen LogP contribution in [0.25, 0.3) is 10.9 Å². The quantitative estimate of drug-likeness (QED) is 0.793. The molecule has 0 spiro atoms. The van der Waals surface area contributed by atoms with Crippen molar-refractivity contribution in [1.82, 2.24) is 4.98 Å². The fourth-order valence-corrected chi connectivity index (χ4v) is 1.32. The SMILES string of the molecule is CCC.COc1ccc2c(C#N)c[nH]c2c1. The summed E-state index contributed by atoms with van der Waals surface area (Å²) in [4.78, 5) is 3.01. The lowest BCUT2D eigenvalue weighted by Crippen LogP contribution is -1.81. The van der Waals surface area contributed by atoms with E-state index in [9.17, 15) is 0 Å². The maximum absolute atomic E-state index is 8.75. The Morgan fingerprint density at radius 2 is 2.06 bits per heavy atom. The number of methoxy groups -OCH3 is 1. The third-order valence-corrected chi connectivity index (χ3v) is 2.01. The Labute approximate surface area is 95.7 Å². The predicted octanol–water partition coefficient (Wildman–Crippen LogP) is 3.46. The van der Waals surface area contributed by atoms with Crippen LogP contribution in [-0.4, -0.2) is 12.1 Å². The Morgan fingerprint density at radius 1 is 1.38 bits per heavy atom. The van der Waals surface area contributed by atoms with Gasteiger partial charge in [-0.3, -0.25) is 0 Å². The van der Waals surface area contributed by atoms with Crippen LogP contribution in [0.3, 0.4) is 0 Å². The van der Waals surface area contributed by atoms with Crippen LogP contribution >= 0.6 is 0 Å². The minimum Gasteiger partial charge on any atom is -0.497 e. The molecule has 0 unspecified atom stereocenters. The summed E-state index contributed by atoms with van der Waals surface area (Å²) in [5, 5.41) is 9.68. The molecule has 16 heavy (non-hydrogen) atoms. The largest absolute Gasteiger partial charge is 0.497 e. The van der Waals surface area contributed by atoms with E-state index >= 15 is 0 Å². The lowest BCUT2D eigenvalue weighted by molar-refractivity contribution is 0.415. The zero-order valence-corrected chi connectivity index (χ0v) is 9.87. The molecule has 3 nitrogen and oxygen atoms in total. The van der Waals surface area contributed by atoms with Crippen LogP contribution < -0.4 is 4.74 Å². The van der Waals surface area contributed by atoms with E-state index in [4.69, 9.17) is 10.00 Å². The number of aromatic amines is 1. The van der Waals surface area contributed by atoms with Gasteiger partial charge in [0, 0.05) is 17.6 Å². The van der Waals surface area contributed by atoms with E-state index in [1.54, 1.807) is 13.3 Å². The standard InChI is InChI=1S/C10H8N2O.C3H8/c1-13-8-2-3-9-7(5-11)6-12-10(9)4-8;1-3-2/h2-4,6,12H,1H3;3H2,1-2H3. The van der Waals surface area contributed by atoms with Gasteiger partial charge < -0.3 is 9.72 Å². The van der Waals surface area contributed by atoms with Gasteiger partial charge in [0.2, 0.25) is 0 Å². The summed E-state index contributed by atoms with van der Waals surface area (Å²) in [6, 6.07) is 7.71. The van der Waals surface area contributed by atoms with Crippen molar-refractivity contribution in [2.24, 2.45) is 0 Å². The summed E-state index contributed by atoms with van der Waals surface area (Å²) in [6.07, 6.45) is 2.95. The van der Waals surface area contributed by atoms with Crippen molar-refractivity contribution in [2.45, 2.75) is 20.3 Å². The average Bonchev–Trinajstić information content (AvgIpc) is 2.71. The van der Waals surface area contributed by atoms with Crippen molar-refractivity contribution in [1.29, 1.82) is 5.26 Å². The first-order valence-electron chi connectivity index (χ1n) is 5.32. The summed E-state index contributed by atoms with van der Waals surface area (Å²) in [6.45, 7) is 4.25. The molecule has 0 saturated carbocycles. The Morgan fingerprint density at radius 3 is 2.62 bits per heavy atom. The van der Waals surface area contributed by atoms with E-state index < -0.39 is 0 Å². The highest BCUT2D eigenvalue weighted by Crippen LogP contribution is 2.22. The second-order valence-electron chi connectivity index (χ2n) is 3.43. The van der Waals surface area contributed by atoms with E-state index in [1.165, 1.54) is 6.42 Å². The van der Waals surface area contributed by atoms with Crippen LogP contribution in [0.2, 0.25) is 0 Å². The van der Waals surface area contributed by atoms with Crippen molar-refractivity contribution in [3.05, 3.63) is 30.0 Å². The molecule has 0 fully saturated rings. The minimum atomic E-state index is 0.664. The number of nitrogens with zero attached hydrogens (tertiary/aromatic N) is 1. The number of benzene rings is 1. The molecule has 1 N–H and O–H groups in total. The van der Waals surface area contributed by atoms with Gasteiger partial charge in [0.25, 0.3) is 0 Å². The monoisotopic (exact) mass is 216 g/mol. The van der Waals surface area contributed by atoms with Crippen LogP contribution in [0.1, 0.15) is 25.8 Å². The molecule has 0 bridgehead atoms. The van der Waals surface area contributed by atoms with Crippen molar-refractivity contribution in [3.8, 4) is 11.8 Å². The molecule has 0 atom stereocenters. The zero-order valence-electron chi connectivity index (χ0n) is 9.87. The predicted molar refractivity (Wildman–Crippen MR) is 65.5 cm³/mol. The third kappa shape index (κ3) is 2.54. The van der Waals surface area contributed by atoms with Gasteiger partial charge in [0.15, 0.2) is 0 Å². The van der Waals surface area contributed by atoms with Crippen molar-refractivity contribution < 1.29 is 4.74 Å². The molecular weight excluding hydrogens is 200 g/mol. The molecule has 1 heterocycles. The van der Waals surface area contributed by atoms with E-state index in [-0.39, 0.29) is 0 Å². The van der Waals surface area contributed by atoms with E-state index in [2.05, 4.69) is 24.9 Å². The lowest BCUT2D eigenvalue weighted by Gasteiger charge is -1.97. The molecule has 0 aliphatic carbocycles. The van der Waals surface area contributed by atoms with E-state index in [0.717, 1.165) is 16.7 Å². The second kappa shape index (κ2) is 5.82. The Bertz CT molecular complexity index is 494. The van der Waals surface area contributed by atoms with Crippen LogP contribution in [0.15, 0.2) is 24.4 Å². The maximum atomic E-state index is 8.75. The minimum absolute atomic E-state index is 0.664. The van der Waals surface area contributed by atoms with Crippen LogP contribution in [-0.2, 0) is 0 Å². The highest BCUT2D eigenvalue weighted by atomic mass is 16.5. The van der Waals surface area contributed by atoms with Crippen LogP contribution in [0.4, 0.5) is 0 Å². The molecule has 2 aromatic rings. The fourth-order valence-electron chi connectivity index (χ4n) is 1.32. The van der Waals surface area contributed by atoms with Crippen LogP contribution in [0.5, 0.6) is 5.75 Å². The summed E-state index contributed by atoms with van der Waals surface area (Å²) in [5.74, 6) is 0.791. The number of fused-ring (bicyclic) bond motifs is 1. The van der Waals surface area contributed by atoms with Gasteiger partial charge in [-0.15, -0.1) is 0 Å². The molecule has 0 radical (unpaired) electrons. The van der Waals surface area contributed by atoms with E-state index in [1.807, 2.05) is 18.2 Å². The summed E-state index contributed by atoms with van der Waals surface area (Å²) >= 11 is 0. The van der Waals surface area contributed by atoms with Gasteiger partial charge in [-0.2, -0.15) is 5.26 Å². The van der Waals surface area contributed by atoms with Gasteiger partial charge in [-0.05, 0) is 12.1 Å². The molecule has 0 amide bonds. The molecule has 0 aliphatic heterocycles. The van der Waals surface area contributed by atoms with Gasteiger partial charge in [-0.25, -0.2) is 0 Å². The fraction of sp³-hybridized carbons (Fsp3) is 0.308. The summed E-state index contributed by atoms with van der Waals surface area (Å²) in [5.41, 5.74) is 1.59. The topological polar surface area (TPSA) is 48.8 Å². The smallest absolute Gasteiger partial charge is 0.120 e. The summed E-state index contributed by atoms with van der Waals surface area (Å²) in [7, 11) is 1.62. The summed E-state index contributed by atoms with van der Waals surface area (Å²) < 4.78 is 5.06. The number of H-pyrrole nitrogens is 1. The Kier molecular flexibility index (Phi) is 4.41. The van der Waals surface area contributed by atoms with E-state index in [0.29, 0.717) is 5.56 Å². The maximum Gasteiger partial charge on any atom is 0.120 e. The van der Waals surface area contributed by atoms with Gasteiger partial charge >= 0.3 is 0 Å². The molecule has 2 rings (SSSR count). The number of ether oxygens (including phenoxy) is 1. The Hall–Kier alpha value is -1.95. The first-order valence-corrected chi connectivity index (χ1v) is 5.32.